The Morgan fingerprint density at radius 1 is 1.09 bits per heavy atom. The summed E-state index contributed by atoms with van der Waals surface area (Å²) in [5.74, 6) is 0.420. The Morgan fingerprint density at radius 3 is 2.51 bits per heavy atom. The molecule has 2 heterocycles. The van der Waals surface area contributed by atoms with Gasteiger partial charge < -0.3 is 5.32 Å². The molecule has 186 valence electrons. The lowest BCUT2D eigenvalue weighted by Crippen LogP contribution is -2.42. The van der Waals surface area contributed by atoms with Gasteiger partial charge in [-0.1, -0.05) is 56.7 Å². The lowest BCUT2D eigenvalue weighted by molar-refractivity contribution is -0.126. The minimum absolute atomic E-state index is 0.0413. The Balaban J connectivity index is 1.48. The molecule has 3 aromatic rings. The second kappa shape index (κ2) is 11.7. The topological polar surface area (TPSA) is 73.1 Å². The van der Waals surface area contributed by atoms with Crippen LogP contribution in [0.4, 0.5) is 0 Å². The summed E-state index contributed by atoms with van der Waals surface area (Å²) in [4.78, 5) is 39.2. The fourth-order valence-electron chi connectivity index (χ4n) is 4.99. The van der Waals surface area contributed by atoms with Crippen molar-refractivity contribution in [3.63, 3.8) is 0 Å². The van der Waals surface area contributed by atoms with Gasteiger partial charge in [-0.05, 0) is 60.6 Å². The molecule has 1 fully saturated rings. The highest BCUT2D eigenvalue weighted by molar-refractivity contribution is 7.17. The van der Waals surface area contributed by atoms with E-state index in [2.05, 4.69) is 18.8 Å². The smallest absolute Gasteiger partial charge is 0.331 e. The molecule has 1 N–H and O–H groups in total. The van der Waals surface area contributed by atoms with Crippen LogP contribution >= 0.6 is 11.3 Å². The number of carbonyl (C=O) groups excluding carboxylic acids is 1. The number of carbonyl (C=O) groups is 1. The fraction of sp³-hybridized carbons (Fsp3) is 0.464. The van der Waals surface area contributed by atoms with Crippen LogP contribution in [-0.2, 0) is 17.9 Å². The van der Waals surface area contributed by atoms with E-state index in [1.807, 2.05) is 35.7 Å². The summed E-state index contributed by atoms with van der Waals surface area (Å²) in [6, 6.07) is 9.80. The number of amides is 1. The molecule has 1 saturated carbocycles. The van der Waals surface area contributed by atoms with E-state index < -0.39 is 0 Å². The summed E-state index contributed by atoms with van der Waals surface area (Å²) in [6.07, 6.45) is 8.41. The van der Waals surface area contributed by atoms with Crippen LogP contribution in [0.1, 0.15) is 63.0 Å². The summed E-state index contributed by atoms with van der Waals surface area (Å²) in [7, 11) is 0. The molecule has 1 aromatic carbocycles. The number of nitrogens with one attached hydrogen (secondary N) is 1. The first-order valence-electron chi connectivity index (χ1n) is 12.7. The van der Waals surface area contributed by atoms with Crippen LogP contribution < -0.4 is 16.6 Å². The van der Waals surface area contributed by atoms with E-state index in [-0.39, 0.29) is 29.0 Å². The van der Waals surface area contributed by atoms with Gasteiger partial charge in [0, 0.05) is 19.0 Å². The number of rotatable bonds is 10. The Bertz CT molecular complexity index is 1280. The number of hydrogen-bond acceptors (Lipinski definition) is 4. The van der Waals surface area contributed by atoms with Crippen molar-refractivity contribution in [3.8, 4) is 0 Å². The summed E-state index contributed by atoms with van der Waals surface area (Å²) < 4.78 is 3.76. The van der Waals surface area contributed by atoms with Crippen LogP contribution in [0.15, 0.2) is 51.9 Å². The highest BCUT2D eigenvalue weighted by Crippen LogP contribution is 2.30. The number of hydrogen-bond donors (Lipinski definition) is 1. The van der Waals surface area contributed by atoms with Gasteiger partial charge in [0.15, 0.2) is 0 Å². The third kappa shape index (κ3) is 5.84. The van der Waals surface area contributed by atoms with Crippen molar-refractivity contribution in [1.29, 1.82) is 0 Å². The minimum Gasteiger partial charge on any atom is -0.356 e. The SMILES string of the molecule is C=Cc1ccc(Cn2c(=O)n(CC3CCC(C(=O)NCCCCC)CC3)c(=O)c3sccc32)cc1. The summed E-state index contributed by atoms with van der Waals surface area (Å²) >= 11 is 1.39. The Hall–Kier alpha value is -2.93. The van der Waals surface area contributed by atoms with Gasteiger partial charge in [-0.25, -0.2) is 4.79 Å². The predicted octanol–water partition coefficient (Wildman–Crippen LogP) is 5.03. The Morgan fingerprint density at radius 2 is 1.83 bits per heavy atom. The van der Waals surface area contributed by atoms with Crippen molar-refractivity contribution >= 4 is 33.5 Å². The molecule has 1 amide bonds. The van der Waals surface area contributed by atoms with E-state index in [9.17, 15) is 14.4 Å². The standard InChI is InChI=1S/C28H35N3O3S/c1-3-5-6-16-29-26(32)23-13-11-22(12-14-23)19-31-27(33)25-24(15-17-35-25)30(28(31)34)18-21-9-7-20(4-2)8-10-21/h4,7-10,15,17,22-23H,2-3,5-6,11-14,16,18-19H2,1H3,(H,29,32). The van der Waals surface area contributed by atoms with Crippen molar-refractivity contribution in [3.05, 3.63) is 74.3 Å². The highest BCUT2D eigenvalue weighted by Gasteiger charge is 2.27. The fourth-order valence-corrected chi connectivity index (χ4v) is 5.83. The van der Waals surface area contributed by atoms with Crippen LogP contribution in [0.3, 0.4) is 0 Å². The molecule has 7 heteroatoms. The third-order valence-corrected chi connectivity index (χ3v) is 8.02. The molecule has 0 radical (unpaired) electrons. The lowest BCUT2D eigenvalue weighted by atomic mass is 9.81. The molecule has 1 aliphatic carbocycles. The first-order valence-corrected chi connectivity index (χ1v) is 13.6. The number of aromatic nitrogens is 2. The minimum atomic E-state index is -0.260. The largest absolute Gasteiger partial charge is 0.356 e. The highest BCUT2D eigenvalue weighted by atomic mass is 32.1. The van der Waals surface area contributed by atoms with E-state index >= 15 is 0 Å². The molecule has 1 aliphatic rings. The van der Waals surface area contributed by atoms with Gasteiger partial charge in [-0.2, -0.15) is 0 Å². The zero-order chi connectivity index (χ0) is 24.8. The summed E-state index contributed by atoms with van der Waals surface area (Å²) in [6.45, 7) is 7.51. The Labute approximate surface area is 210 Å². The van der Waals surface area contributed by atoms with Crippen molar-refractivity contribution in [2.75, 3.05) is 6.54 Å². The molecule has 6 nitrogen and oxygen atoms in total. The van der Waals surface area contributed by atoms with Crippen molar-refractivity contribution in [2.45, 2.75) is 65.0 Å². The molecule has 2 aromatic heterocycles. The first-order chi connectivity index (χ1) is 17.0. The van der Waals surface area contributed by atoms with Crippen LogP contribution in [0, 0.1) is 11.8 Å². The van der Waals surface area contributed by atoms with E-state index in [0.29, 0.717) is 23.3 Å². The zero-order valence-electron chi connectivity index (χ0n) is 20.5. The summed E-state index contributed by atoms with van der Waals surface area (Å²) in [5, 5.41) is 4.95. The average molecular weight is 494 g/mol. The lowest BCUT2D eigenvalue weighted by Gasteiger charge is -2.28. The summed E-state index contributed by atoms with van der Waals surface area (Å²) in [5.41, 5.74) is 2.26. The monoisotopic (exact) mass is 493 g/mol. The van der Waals surface area contributed by atoms with Crippen molar-refractivity contribution in [2.24, 2.45) is 11.8 Å². The van der Waals surface area contributed by atoms with Crippen LogP contribution in [0.25, 0.3) is 16.3 Å². The van der Waals surface area contributed by atoms with Gasteiger partial charge in [0.1, 0.15) is 4.70 Å². The normalized spacial score (nSPS) is 18.0. The molecular formula is C28H35N3O3S. The second-order valence-electron chi connectivity index (χ2n) is 9.58. The van der Waals surface area contributed by atoms with Gasteiger partial charge in [-0.3, -0.25) is 18.7 Å². The molecule has 35 heavy (non-hydrogen) atoms. The van der Waals surface area contributed by atoms with E-state index in [4.69, 9.17) is 0 Å². The second-order valence-corrected chi connectivity index (χ2v) is 10.5. The molecule has 0 atom stereocenters. The van der Waals surface area contributed by atoms with Crippen LogP contribution in [0.2, 0.25) is 0 Å². The number of fused-ring (bicyclic) bond motifs is 1. The molecular weight excluding hydrogens is 458 g/mol. The van der Waals surface area contributed by atoms with Gasteiger partial charge in [-0.15, -0.1) is 11.3 Å². The molecule has 0 unspecified atom stereocenters. The third-order valence-electron chi connectivity index (χ3n) is 7.13. The zero-order valence-corrected chi connectivity index (χ0v) is 21.3. The van der Waals surface area contributed by atoms with E-state index in [0.717, 1.165) is 62.6 Å². The van der Waals surface area contributed by atoms with Crippen molar-refractivity contribution < 1.29 is 4.79 Å². The number of thiophene rings is 1. The molecule has 0 saturated heterocycles. The van der Waals surface area contributed by atoms with Gasteiger partial charge in [0.05, 0.1) is 12.1 Å². The van der Waals surface area contributed by atoms with Gasteiger partial charge in [0.2, 0.25) is 5.91 Å². The number of benzene rings is 1. The number of unbranched alkanes of at least 4 members (excludes halogenated alkanes) is 2. The van der Waals surface area contributed by atoms with Crippen LogP contribution in [0.5, 0.6) is 0 Å². The molecule has 0 bridgehead atoms. The van der Waals surface area contributed by atoms with Gasteiger partial charge >= 0.3 is 5.69 Å². The van der Waals surface area contributed by atoms with Gasteiger partial charge in [0.25, 0.3) is 5.56 Å². The molecule has 0 aliphatic heterocycles. The average Bonchev–Trinajstić information content (AvgIpc) is 3.38. The maximum atomic E-state index is 13.5. The van der Waals surface area contributed by atoms with E-state index in [1.165, 1.54) is 15.9 Å². The molecule has 0 spiro atoms. The first kappa shape index (κ1) is 25.2. The molecule has 4 rings (SSSR count). The number of nitrogens with zero attached hydrogens (tertiary/aromatic N) is 2. The van der Waals surface area contributed by atoms with Crippen molar-refractivity contribution in [1.82, 2.24) is 14.5 Å². The Kier molecular flexibility index (Phi) is 8.39. The van der Waals surface area contributed by atoms with Crippen LogP contribution in [-0.4, -0.2) is 21.6 Å². The maximum Gasteiger partial charge on any atom is 0.331 e. The quantitative estimate of drug-likeness (QED) is 0.403. The van der Waals surface area contributed by atoms with E-state index in [1.54, 1.807) is 10.6 Å². The predicted molar refractivity (Wildman–Crippen MR) is 144 cm³/mol. The maximum absolute atomic E-state index is 13.5.